The van der Waals surface area contributed by atoms with Gasteiger partial charge in [0.1, 0.15) is 5.69 Å². The minimum absolute atomic E-state index is 0.0468. The summed E-state index contributed by atoms with van der Waals surface area (Å²) < 4.78 is 1.60. The Bertz CT molecular complexity index is 492. The molecule has 1 atom stereocenters. The van der Waals surface area contributed by atoms with Gasteiger partial charge in [-0.2, -0.15) is 0 Å². The predicted octanol–water partition coefficient (Wildman–Crippen LogP) is 1.29. The first kappa shape index (κ1) is 14.5. The first-order valence-corrected chi connectivity index (χ1v) is 6.98. The van der Waals surface area contributed by atoms with Gasteiger partial charge in [0.2, 0.25) is 0 Å². The summed E-state index contributed by atoms with van der Waals surface area (Å²) in [4.78, 5) is 22.3. The van der Waals surface area contributed by atoms with E-state index in [4.69, 9.17) is 0 Å². The molecule has 0 radical (unpaired) electrons. The van der Waals surface area contributed by atoms with Crippen molar-refractivity contribution in [2.24, 2.45) is 0 Å². The molecule has 0 unspecified atom stereocenters. The van der Waals surface area contributed by atoms with Crippen molar-refractivity contribution in [1.29, 1.82) is 0 Å². The number of hydrogen-bond acceptors (Lipinski definition) is 4. The van der Waals surface area contributed by atoms with Crippen LogP contribution in [0.3, 0.4) is 0 Å². The van der Waals surface area contributed by atoms with Gasteiger partial charge in [-0.3, -0.25) is 14.9 Å². The van der Waals surface area contributed by atoms with Crippen LogP contribution in [0.15, 0.2) is 12.3 Å². The Balaban J connectivity index is 1.92. The number of nitro groups is 1. The molecule has 0 spiro atoms. The first-order valence-electron chi connectivity index (χ1n) is 6.98. The van der Waals surface area contributed by atoms with Gasteiger partial charge in [-0.05, 0) is 32.7 Å². The van der Waals surface area contributed by atoms with Crippen LogP contribution in [0.5, 0.6) is 0 Å². The molecule has 0 aliphatic carbocycles. The van der Waals surface area contributed by atoms with Crippen molar-refractivity contribution in [3.63, 3.8) is 0 Å². The van der Waals surface area contributed by atoms with Crippen LogP contribution in [0.4, 0.5) is 5.69 Å². The fourth-order valence-electron chi connectivity index (χ4n) is 2.50. The second-order valence-corrected chi connectivity index (χ2v) is 4.96. The second kappa shape index (κ2) is 6.51. The maximum atomic E-state index is 12.1. The van der Waals surface area contributed by atoms with E-state index in [-0.39, 0.29) is 11.6 Å². The monoisotopic (exact) mass is 280 g/mol. The van der Waals surface area contributed by atoms with E-state index in [9.17, 15) is 14.9 Å². The summed E-state index contributed by atoms with van der Waals surface area (Å²) in [6, 6.07) is 1.80. The molecule has 2 heterocycles. The van der Waals surface area contributed by atoms with Gasteiger partial charge in [0.25, 0.3) is 11.6 Å². The Morgan fingerprint density at radius 2 is 2.45 bits per heavy atom. The first-order chi connectivity index (χ1) is 9.61. The fourth-order valence-corrected chi connectivity index (χ4v) is 2.50. The molecule has 0 aromatic carbocycles. The maximum absolute atomic E-state index is 12.1. The predicted molar refractivity (Wildman–Crippen MR) is 74.7 cm³/mol. The average molecular weight is 280 g/mol. The Hall–Kier alpha value is -1.89. The molecule has 1 saturated heterocycles. The van der Waals surface area contributed by atoms with E-state index in [0.717, 1.165) is 19.4 Å². The number of nitrogens with one attached hydrogen (secondary N) is 2. The van der Waals surface area contributed by atoms with Crippen molar-refractivity contribution in [3.05, 3.63) is 28.1 Å². The summed E-state index contributed by atoms with van der Waals surface area (Å²) in [5.41, 5.74) is 0.299. The second-order valence-electron chi connectivity index (χ2n) is 4.96. The average Bonchev–Trinajstić information content (AvgIpc) is 3.07. The molecule has 0 bridgehead atoms. The zero-order valence-corrected chi connectivity index (χ0v) is 11.6. The van der Waals surface area contributed by atoms with Crippen LogP contribution in [0.25, 0.3) is 0 Å². The molecule has 20 heavy (non-hydrogen) atoms. The van der Waals surface area contributed by atoms with Crippen LogP contribution in [0.1, 0.15) is 36.7 Å². The summed E-state index contributed by atoms with van der Waals surface area (Å²) in [7, 11) is 0. The van der Waals surface area contributed by atoms with E-state index in [2.05, 4.69) is 10.6 Å². The molecule has 2 rings (SSSR count). The van der Waals surface area contributed by atoms with Crippen LogP contribution < -0.4 is 10.6 Å². The van der Waals surface area contributed by atoms with Crippen molar-refractivity contribution in [1.82, 2.24) is 15.2 Å². The van der Waals surface area contributed by atoms with Gasteiger partial charge in [0.15, 0.2) is 0 Å². The van der Waals surface area contributed by atoms with E-state index < -0.39 is 4.92 Å². The molecule has 7 heteroatoms. The Morgan fingerprint density at radius 1 is 1.65 bits per heavy atom. The van der Waals surface area contributed by atoms with Crippen LogP contribution in [-0.2, 0) is 6.54 Å². The Labute approximate surface area is 117 Å². The highest BCUT2D eigenvalue weighted by Crippen LogP contribution is 2.16. The van der Waals surface area contributed by atoms with Gasteiger partial charge >= 0.3 is 0 Å². The Morgan fingerprint density at radius 3 is 3.05 bits per heavy atom. The number of aryl methyl sites for hydroxylation is 1. The maximum Gasteiger partial charge on any atom is 0.287 e. The summed E-state index contributed by atoms with van der Waals surface area (Å²) >= 11 is 0. The van der Waals surface area contributed by atoms with Gasteiger partial charge in [-0.15, -0.1) is 0 Å². The molecule has 110 valence electrons. The number of carbonyl (C=O) groups is 1. The van der Waals surface area contributed by atoms with E-state index in [1.54, 1.807) is 4.57 Å². The normalized spacial score (nSPS) is 18.1. The largest absolute Gasteiger partial charge is 0.351 e. The lowest BCUT2D eigenvalue weighted by Crippen LogP contribution is -2.31. The minimum Gasteiger partial charge on any atom is -0.351 e. The van der Waals surface area contributed by atoms with Gasteiger partial charge < -0.3 is 15.2 Å². The molecule has 1 amide bonds. The third-order valence-corrected chi connectivity index (χ3v) is 3.61. The van der Waals surface area contributed by atoms with Crippen molar-refractivity contribution in [2.75, 3.05) is 13.1 Å². The number of amides is 1. The molecule has 7 nitrogen and oxygen atoms in total. The molecular formula is C13H20N4O3. The van der Waals surface area contributed by atoms with E-state index in [1.165, 1.54) is 18.7 Å². The molecule has 1 fully saturated rings. The highest BCUT2D eigenvalue weighted by Gasteiger charge is 2.19. The van der Waals surface area contributed by atoms with Crippen molar-refractivity contribution in [3.8, 4) is 0 Å². The van der Waals surface area contributed by atoms with Crippen molar-refractivity contribution in [2.45, 2.75) is 38.8 Å². The van der Waals surface area contributed by atoms with Gasteiger partial charge in [0, 0.05) is 25.2 Å². The highest BCUT2D eigenvalue weighted by atomic mass is 16.6. The smallest absolute Gasteiger partial charge is 0.287 e. The summed E-state index contributed by atoms with van der Waals surface area (Å²) in [5, 5.41) is 16.9. The van der Waals surface area contributed by atoms with Gasteiger partial charge in [-0.25, -0.2) is 0 Å². The third-order valence-electron chi connectivity index (χ3n) is 3.61. The standard InChI is InChI=1S/C13H20N4O3/c1-2-16-9-11(17(19)20)8-12(16)13(18)15-7-5-10-4-3-6-14-10/h8-10,14H,2-7H2,1H3,(H,15,18)/t10-/m0/s1. The minimum atomic E-state index is -0.481. The number of hydrogen-bond donors (Lipinski definition) is 2. The summed E-state index contributed by atoms with van der Waals surface area (Å²) in [5.74, 6) is -0.252. The molecule has 1 aliphatic heterocycles. The van der Waals surface area contributed by atoms with Crippen molar-refractivity contribution < 1.29 is 9.72 Å². The third kappa shape index (κ3) is 3.36. The summed E-state index contributed by atoms with van der Waals surface area (Å²) in [6.45, 7) is 4.01. The Kier molecular flexibility index (Phi) is 4.73. The number of carbonyl (C=O) groups excluding carboxylic acids is 1. The highest BCUT2D eigenvalue weighted by molar-refractivity contribution is 5.93. The lowest BCUT2D eigenvalue weighted by molar-refractivity contribution is -0.384. The topological polar surface area (TPSA) is 89.2 Å². The van der Waals surface area contributed by atoms with Crippen LogP contribution in [-0.4, -0.2) is 34.5 Å². The quantitative estimate of drug-likeness (QED) is 0.607. The lowest BCUT2D eigenvalue weighted by Gasteiger charge is -2.11. The number of aromatic nitrogens is 1. The van der Waals surface area contributed by atoms with Crippen LogP contribution >= 0.6 is 0 Å². The molecule has 1 aromatic rings. The zero-order chi connectivity index (χ0) is 14.5. The zero-order valence-electron chi connectivity index (χ0n) is 11.6. The van der Waals surface area contributed by atoms with Crippen LogP contribution in [0.2, 0.25) is 0 Å². The molecule has 0 saturated carbocycles. The van der Waals surface area contributed by atoms with Crippen molar-refractivity contribution >= 4 is 11.6 Å². The number of nitrogens with zero attached hydrogens (tertiary/aromatic N) is 2. The molecular weight excluding hydrogens is 260 g/mol. The molecule has 2 N–H and O–H groups in total. The molecule has 1 aromatic heterocycles. The van der Waals surface area contributed by atoms with Gasteiger partial charge in [-0.1, -0.05) is 0 Å². The van der Waals surface area contributed by atoms with E-state index in [1.807, 2.05) is 6.92 Å². The number of rotatable bonds is 6. The SMILES string of the molecule is CCn1cc([N+](=O)[O-])cc1C(=O)NCC[C@@H]1CCCN1. The fraction of sp³-hybridized carbons (Fsp3) is 0.615. The van der Waals surface area contributed by atoms with E-state index in [0.29, 0.717) is 24.8 Å². The van der Waals surface area contributed by atoms with E-state index >= 15 is 0 Å². The van der Waals surface area contributed by atoms with Gasteiger partial charge in [0.05, 0.1) is 11.1 Å². The molecule has 1 aliphatic rings. The summed E-state index contributed by atoms with van der Waals surface area (Å²) in [6.07, 6.45) is 4.62. The lowest BCUT2D eigenvalue weighted by atomic mass is 10.1. The van der Waals surface area contributed by atoms with Crippen LogP contribution in [0, 0.1) is 10.1 Å².